The largest absolute Gasteiger partial charge is 0.507 e. The van der Waals surface area contributed by atoms with Crippen LogP contribution >= 0.6 is 0 Å². The number of nitrogen functional groups attached to an aromatic ring is 1. The molecule has 1 aliphatic heterocycles. The molecule has 4 atom stereocenters. The predicted octanol–water partition coefficient (Wildman–Crippen LogP) is 0.495. The maximum Gasteiger partial charge on any atom is 0.507 e. The lowest BCUT2D eigenvalue weighted by atomic mass is 9.81. The zero-order valence-corrected chi connectivity index (χ0v) is 20.8. The summed E-state index contributed by atoms with van der Waals surface area (Å²) in [6.45, 7) is 2.47. The van der Waals surface area contributed by atoms with Crippen LogP contribution in [0.2, 0.25) is 0 Å². The molecule has 13 nitrogen and oxygen atoms in total. The Kier molecular flexibility index (Phi) is 8.42. The molecule has 3 heterocycles. The molecule has 0 radical (unpaired) electrons. The van der Waals surface area contributed by atoms with Gasteiger partial charge in [0.1, 0.15) is 17.7 Å². The minimum Gasteiger partial charge on any atom is -0.438 e. The van der Waals surface area contributed by atoms with Crippen molar-refractivity contribution in [2.75, 3.05) is 26.0 Å². The number of hydrogen-bond donors (Lipinski definition) is 4. The molecule has 200 valence electrons. The molecule has 2 aliphatic rings. The van der Waals surface area contributed by atoms with Crippen LogP contribution in [0.3, 0.4) is 0 Å². The molecule has 0 aromatic carbocycles. The molecule has 1 saturated carbocycles. The summed E-state index contributed by atoms with van der Waals surface area (Å²) in [6, 6.07) is 0. The minimum atomic E-state index is -1.42. The maximum atomic E-state index is 12.2. The number of fused-ring (bicyclic) bond motifs is 1. The third-order valence-electron chi connectivity index (χ3n) is 6.73. The van der Waals surface area contributed by atoms with Gasteiger partial charge in [0, 0.05) is 13.0 Å². The van der Waals surface area contributed by atoms with Gasteiger partial charge in [-0.1, -0.05) is 5.92 Å². The van der Waals surface area contributed by atoms with E-state index in [1.807, 2.05) is 0 Å². The molecule has 13 heteroatoms. The lowest BCUT2D eigenvalue weighted by Gasteiger charge is -2.26. The Morgan fingerprint density at radius 2 is 1.95 bits per heavy atom. The maximum absolute atomic E-state index is 12.2. The lowest BCUT2D eigenvalue weighted by molar-refractivity contribution is -0.137. The molecule has 5 N–H and O–H groups in total. The first-order valence-electron chi connectivity index (χ1n) is 12.3. The molecule has 2 aromatic heterocycles. The van der Waals surface area contributed by atoms with E-state index in [0.29, 0.717) is 36.9 Å². The highest BCUT2D eigenvalue weighted by atomic mass is 16.7. The molecular formula is C24H32N6O7. The Hall–Kier alpha value is -3.47. The van der Waals surface area contributed by atoms with Crippen molar-refractivity contribution in [3.8, 4) is 11.8 Å². The van der Waals surface area contributed by atoms with Crippen LogP contribution in [0, 0.1) is 23.7 Å². The van der Waals surface area contributed by atoms with Crippen LogP contribution in [0.4, 0.5) is 10.6 Å². The fourth-order valence-electron chi connectivity index (χ4n) is 4.68. The average Bonchev–Trinajstić information content (AvgIpc) is 3.44. The number of likely N-dealkylation sites (N-methyl/N-ethyl adjacent to an activating group) is 1. The van der Waals surface area contributed by atoms with E-state index in [2.05, 4.69) is 36.8 Å². The number of anilines is 1. The summed E-state index contributed by atoms with van der Waals surface area (Å²) < 4.78 is 16.7. The summed E-state index contributed by atoms with van der Waals surface area (Å²) in [5, 5.41) is 23.5. The van der Waals surface area contributed by atoms with Crippen molar-refractivity contribution in [2.24, 2.45) is 11.8 Å². The first-order chi connectivity index (χ1) is 17.8. The average molecular weight is 517 g/mol. The SMILES string of the molecule is CCNC(=O)[C@H]1O[C@@H](n2cnc3c(N)nc(C#CCC4CCC(COC(=O)OC)CC4)nc32)[C@H](O)[C@@H]1O. The van der Waals surface area contributed by atoms with Crippen molar-refractivity contribution in [1.82, 2.24) is 24.8 Å². The van der Waals surface area contributed by atoms with E-state index in [-0.39, 0.29) is 17.3 Å². The fourth-order valence-corrected chi connectivity index (χ4v) is 4.68. The molecule has 1 amide bonds. The van der Waals surface area contributed by atoms with Gasteiger partial charge in [0.25, 0.3) is 5.91 Å². The molecule has 0 bridgehead atoms. The van der Waals surface area contributed by atoms with E-state index in [4.69, 9.17) is 15.2 Å². The van der Waals surface area contributed by atoms with Crippen LogP contribution in [-0.4, -0.2) is 80.4 Å². The molecule has 0 unspecified atom stereocenters. The summed E-state index contributed by atoms with van der Waals surface area (Å²) in [5.41, 5.74) is 6.65. The fraction of sp³-hybridized carbons (Fsp3) is 0.625. The quantitative estimate of drug-likeness (QED) is 0.309. The highest BCUT2D eigenvalue weighted by Crippen LogP contribution is 2.33. The molecule has 0 spiro atoms. The number of nitrogens with two attached hydrogens (primary N) is 1. The highest BCUT2D eigenvalue weighted by Gasteiger charge is 2.47. The first kappa shape index (κ1) is 26.6. The van der Waals surface area contributed by atoms with Crippen molar-refractivity contribution >= 4 is 29.0 Å². The standard InChI is InChI=1S/C24H32N6O7/c1-3-26-22(33)19-17(31)18(32)23(37-19)30-12-27-16-20(25)28-15(29-21(16)30)6-4-5-13-7-9-14(10-8-13)11-36-24(34)35-2/h12-14,17-19,23,31-32H,3,5,7-11H2,1-2H3,(H,26,33)(H2,25,28,29)/t13?,14?,17-,18+,19-,23+/m0/s1. The van der Waals surface area contributed by atoms with Gasteiger partial charge < -0.3 is 35.5 Å². The topological polar surface area (TPSA) is 184 Å². The third kappa shape index (κ3) is 5.93. The number of rotatable bonds is 6. The van der Waals surface area contributed by atoms with Gasteiger partial charge in [-0.25, -0.2) is 19.7 Å². The summed E-state index contributed by atoms with van der Waals surface area (Å²) in [6.07, 6.45) is 0.0896. The normalized spacial score (nSPS) is 27.4. The van der Waals surface area contributed by atoms with Gasteiger partial charge >= 0.3 is 6.16 Å². The highest BCUT2D eigenvalue weighted by molar-refractivity contribution is 5.83. The van der Waals surface area contributed by atoms with Gasteiger partial charge in [0.05, 0.1) is 20.0 Å². The number of ether oxygens (including phenoxy) is 3. The molecule has 1 saturated heterocycles. The number of methoxy groups -OCH3 is 1. The van der Waals surface area contributed by atoms with E-state index < -0.39 is 36.6 Å². The van der Waals surface area contributed by atoms with E-state index >= 15 is 0 Å². The summed E-state index contributed by atoms with van der Waals surface area (Å²) in [5.74, 6) is 6.63. The number of nitrogens with one attached hydrogen (secondary N) is 1. The lowest BCUT2D eigenvalue weighted by Crippen LogP contribution is -2.42. The van der Waals surface area contributed by atoms with E-state index in [0.717, 1.165) is 25.7 Å². The van der Waals surface area contributed by atoms with Gasteiger partial charge in [0.2, 0.25) is 5.82 Å². The van der Waals surface area contributed by atoms with Crippen molar-refractivity contribution < 1.29 is 34.0 Å². The number of aliphatic hydroxyl groups is 2. The number of aliphatic hydroxyl groups excluding tert-OH is 2. The van der Waals surface area contributed by atoms with Gasteiger partial charge in [0.15, 0.2) is 23.8 Å². The van der Waals surface area contributed by atoms with Gasteiger partial charge in [-0.15, -0.1) is 0 Å². The predicted molar refractivity (Wildman–Crippen MR) is 130 cm³/mol. The Morgan fingerprint density at radius 3 is 2.65 bits per heavy atom. The van der Waals surface area contributed by atoms with E-state index in [9.17, 15) is 19.8 Å². The number of hydrogen-bond acceptors (Lipinski definition) is 11. The summed E-state index contributed by atoms with van der Waals surface area (Å²) in [4.78, 5) is 36.2. The second-order valence-corrected chi connectivity index (χ2v) is 9.24. The van der Waals surface area contributed by atoms with Crippen molar-refractivity contribution in [2.45, 2.75) is 63.6 Å². The molecule has 2 aromatic rings. The molecular weight excluding hydrogens is 484 g/mol. The molecule has 4 rings (SSSR count). The number of imidazole rings is 1. The smallest absolute Gasteiger partial charge is 0.438 e. The monoisotopic (exact) mass is 516 g/mol. The summed E-state index contributed by atoms with van der Waals surface area (Å²) in [7, 11) is 1.29. The van der Waals surface area contributed by atoms with Crippen LogP contribution in [0.5, 0.6) is 0 Å². The van der Waals surface area contributed by atoms with Crippen molar-refractivity contribution in [1.29, 1.82) is 0 Å². The van der Waals surface area contributed by atoms with Crippen LogP contribution in [-0.2, 0) is 19.0 Å². The van der Waals surface area contributed by atoms with Gasteiger partial charge in [-0.3, -0.25) is 9.36 Å². The number of carbonyl (C=O) groups excluding carboxylic acids is 2. The van der Waals surface area contributed by atoms with Gasteiger partial charge in [-0.2, -0.15) is 0 Å². The Labute approximate surface area is 213 Å². The Bertz CT molecular complexity index is 1180. The van der Waals surface area contributed by atoms with Crippen LogP contribution < -0.4 is 11.1 Å². The van der Waals surface area contributed by atoms with Crippen LogP contribution in [0.15, 0.2) is 6.33 Å². The number of amides is 1. The van der Waals surface area contributed by atoms with E-state index in [1.54, 1.807) is 6.92 Å². The summed E-state index contributed by atoms with van der Waals surface area (Å²) >= 11 is 0. The Balaban J connectivity index is 1.42. The molecule has 37 heavy (non-hydrogen) atoms. The van der Waals surface area contributed by atoms with Crippen LogP contribution in [0.25, 0.3) is 11.2 Å². The zero-order chi connectivity index (χ0) is 26.5. The first-order valence-corrected chi connectivity index (χ1v) is 12.3. The zero-order valence-electron chi connectivity index (χ0n) is 20.8. The second kappa shape index (κ2) is 11.7. The third-order valence-corrected chi connectivity index (χ3v) is 6.73. The Morgan fingerprint density at radius 1 is 1.22 bits per heavy atom. The van der Waals surface area contributed by atoms with E-state index in [1.165, 1.54) is 18.0 Å². The number of carbonyl (C=O) groups is 2. The van der Waals surface area contributed by atoms with Crippen LogP contribution in [0.1, 0.15) is 51.1 Å². The molecule has 1 aliphatic carbocycles. The molecule has 2 fully saturated rings. The van der Waals surface area contributed by atoms with Gasteiger partial charge in [-0.05, 0) is 50.4 Å². The van der Waals surface area contributed by atoms with Crippen molar-refractivity contribution in [3.63, 3.8) is 0 Å². The number of nitrogens with zero attached hydrogens (tertiary/aromatic N) is 4. The minimum absolute atomic E-state index is 0.118. The second-order valence-electron chi connectivity index (χ2n) is 9.24. The van der Waals surface area contributed by atoms with Crippen molar-refractivity contribution in [3.05, 3.63) is 12.2 Å². The number of aromatic nitrogens is 4.